The highest BCUT2D eigenvalue weighted by Gasteiger charge is 2.32. The van der Waals surface area contributed by atoms with Crippen molar-refractivity contribution < 1.29 is 24.2 Å². The number of para-hydroxylation sites is 2. The Labute approximate surface area is 309 Å². The minimum absolute atomic E-state index is 0.00473. The first-order chi connectivity index (χ1) is 25.4. The van der Waals surface area contributed by atoms with E-state index >= 15 is 0 Å². The molecule has 5 N–H and O–H groups in total. The summed E-state index contributed by atoms with van der Waals surface area (Å²) in [7, 11) is 0. The van der Waals surface area contributed by atoms with E-state index in [4.69, 9.17) is 15.2 Å². The molecule has 9 nitrogen and oxygen atoms in total. The summed E-state index contributed by atoms with van der Waals surface area (Å²) in [6, 6.07) is 37.3. The zero-order valence-electron chi connectivity index (χ0n) is 28.9. The van der Waals surface area contributed by atoms with E-state index in [1.807, 2.05) is 78.9 Å². The fraction of sp³-hybridized carbons (Fsp3) is 0.262. The van der Waals surface area contributed by atoms with Gasteiger partial charge in [-0.1, -0.05) is 78.9 Å². The van der Waals surface area contributed by atoms with E-state index in [0.29, 0.717) is 50.0 Å². The number of thioether (sulfide) groups is 1. The molecule has 1 aromatic heterocycles. The number of ether oxygens (including phenoxy) is 2. The first-order valence-electron chi connectivity index (χ1n) is 17.6. The number of pyridine rings is 1. The van der Waals surface area contributed by atoms with Crippen LogP contribution in [-0.2, 0) is 32.2 Å². The maximum atomic E-state index is 12.6. The fourth-order valence-electron chi connectivity index (χ4n) is 6.04. The van der Waals surface area contributed by atoms with Crippen LogP contribution in [0.3, 0.4) is 0 Å². The van der Waals surface area contributed by atoms with Crippen LogP contribution >= 0.6 is 11.8 Å². The number of rotatable bonds is 15. The number of anilines is 2. The molecule has 5 aromatic rings. The van der Waals surface area contributed by atoms with Crippen molar-refractivity contribution in [3.8, 4) is 11.1 Å². The average Bonchev–Trinajstić information content (AvgIpc) is 3.19. The number of benzene rings is 4. The van der Waals surface area contributed by atoms with Gasteiger partial charge in [0.05, 0.1) is 35.2 Å². The predicted molar refractivity (Wildman–Crippen MR) is 205 cm³/mol. The SMILES string of the molecule is Nc1ccccc1NC(=O)CCCCC(=O)NCc1cccc(-c2cccc(C3OC(CSc4ccccn4)CC(c4ccc(CO)cc4)O3)c2)c1. The van der Waals surface area contributed by atoms with Gasteiger partial charge in [0.2, 0.25) is 11.8 Å². The molecular weight excluding hydrogens is 673 g/mol. The number of nitrogen functional groups attached to an aromatic ring is 1. The number of nitrogens with one attached hydrogen (secondary N) is 2. The monoisotopic (exact) mass is 716 g/mol. The molecule has 1 aliphatic rings. The van der Waals surface area contributed by atoms with Gasteiger partial charge >= 0.3 is 0 Å². The maximum Gasteiger partial charge on any atom is 0.224 e. The van der Waals surface area contributed by atoms with E-state index in [1.54, 1.807) is 30.1 Å². The number of aromatic nitrogens is 1. The Bertz CT molecular complexity index is 1920. The number of nitrogens with two attached hydrogens (primary N) is 1. The van der Waals surface area contributed by atoms with Gasteiger partial charge in [0.15, 0.2) is 6.29 Å². The third-order valence-corrected chi connectivity index (χ3v) is 9.95. The van der Waals surface area contributed by atoms with Crippen molar-refractivity contribution in [3.63, 3.8) is 0 Å². The third kappa shape index (κ3) is 10.5. The zero-order valence-corrected chi connectivity index (χ0v) is 29.8. The predicted octanol–water partition coefficient (Wildman–Crippen LogP) is 7.98. The largest absolute Gasteiger partial charge is 0.397 e. The van der Waals surface area contributed by atoms with E-state index in [9.17, 15) is 14.7 Å². The van der Waals surface area contributed by atoms with Crippen molar-refractivity contribution >= 4 is 35.0 Å². The number of nitrogens with zero attached hydrogens (tertiary/aromatic N) is 1. The highest BCUT2D eigenvalue weighted by molar-refractivity contribution is 7.99. The van der Waals surface area contributed by atoms with Gasteiger partial charge < -0.3 is 30.9 Å². The van der Waals surface area contributed by atoms with Crippen LogP contribution in [0.1, 0.15) is 66.8 Å². The Balaban J connectivity index is 1.05. The van der Waals surface area contributed by atoms with Crippen molar-refractivity contribution in [2.75, 3.05) is 16.8 Å². The number of unbranched alkanes of at least 4 members (excludes halogenated alkanes) is 1. The Hall–Kier alpha value is -5.00. The molecule has 4 aromatic carbocycles. The summed E-state index contributed by atoms with van der Waals surface area (Å²) in [5.74, 6) is 0.561. The Morgan fingerprint density at radius 3 is 2.31 bits per heavy atom. The lowest BCUT2D eigenvalue weighted by molar-refractivity contribution is -0.245. The number of hydrogen-bond donors (Lipinski definition) is 4. The van der Waals surface area contributed by atoms with E-state index in [1.165, 1.54) is 0 Å². The van der Waals surface area contributed by atoms with Crippen molar-refractivity contribution in [2.45, 2.75) is 68.8 Å². The summed E-state index contributed by atoms with van der Waals surface area (Å²) in [5.41, 5.74) is 12.9. The van der Waals surface area contributed by atoms with Gasteiger partial charge in [-0.15, -0.1) is 11.8 Å². The minimum atomic E-state index is -0.574. The molecule has 1 saturated heterocycles. The van der Waals surface area contributed by atoms with Crippen molar-refractivity contribution in [1.82, 2.24) is 10.3 Å². The quantitative estimate of drug-likeness (QED) is 0.0487. The Morgan fingerprint density at radius 2 is 1.54 bits per heavy atom. The van der Waals surface area contributed by atoms with Gasteiger partial charge in [0.1, 0.15) is 0 Å². The highest BCUT2D eigenvalue weighted by Crippen LogP contribution is 2.40. The molecular formula is C42H44N4O5S. The van der Waals surface area contributed by atoms with Crippen molar-refractivity contribution in [3.05, 3.63) is 144 Å². The zero-order chi connectivity index (χ0) is 36.1. The summed E-state index contributed by atoms with van der Waals surface area (Å²) < 4.78 is 13.2. The fourth-order valence-corrected chi connectivity index (χ4v) is 6.92. The summed E-state index contributed by atoms with van der Waals surface area (Å²) in [4.78, 5) is 29.3. The number of amides is 2. The number of carbonyl (C=O) groups is 2. The van der Waals surface area contributed by atoms with Crippen LogP contribution in [0.15, 0.2) is 126 Å². The molecule has 0 radical (unpaired) electrons. The first-order valence-corrected chi connectivity index (χ1v) is 18.6. The van der Waals surface area contributed by atoms with Crippen LogP contribution < -0.4 is 16.4 Å². The number of hydrogen-bond acceptors (Lipinski definition) is 8. The number of aliphatic hydroxyl groups excluding tert-OH is 1. The van der Waals surface area contributed by atoms with Crippen LogP contribution in [-0.4, -0.2) is 33.8 Å². The van der Waals surface area contributed by atoms with Gasteiger partial charge in [0, 0.05) is 43.3 Å². The minimum Gasteiger partial charge on any atom is -0.397 e. The molecule has 2 heterocycles. The van der Waals surface area contributed by atoms with Crippen LogP contribution in [0, 0.1) is 0 Å². The molecule has 1 aliphatic heterocycles. The van der Waals surface area contributed by atoms with Gasteiger partial charge in [-0.25, -0.2) is 4.98 Å². The number of carbonyl (C=O) groups excluding carboxylic acids is 2. The van der Waals surface area contributed by atoms with E-state index in [0.717, 1.165) is 44.2 Å². The standard InChI is InChI=1S/C42H44N4O5S/c43-36-13-1-2-14-37(36)46-40(49)16-4-3-15-39(48)45-26-30-9-7-10-32(23-30)33-11-8-12-34(24-33)42-50-35(28-52-41-17-5-6-22-44-41)25-38(51-42)31-20-18-29(27-47)19-21-31/h1-2,5-14,17-24,35,38,42,47H,3-4,15-16,25-28,43H2,(H,45,48)(H,46,49). The molecule has 3 unspecified atom stereocenters. The molecule has 2 amide bonds. The van der Waals surface area contributed by atoms with Gasteiger partial charge in [0.25, 0.3) is 0 Å². The van der Waals surface area contributed by atoms with Crippen LogP contribution in [0.5, 0.6) is 0 Å². The lowest BCUT2D eigenvalue weighted by Crippen LogP contribution is -2.31. The summed E-state index contributed by atoms with van der Waals surface area (Å²) >= 11 is 1.67. The smallest absolute Gasteiger partial charge is 0.224 e. The molecule has 268 valence electrons. The summed E-state index contributed by atoms with van der Waals surface area (Å²) in [5, 5.41) is 16.3. The van der Waals surface area contributed by atoms with Crippen LogP contribution in [0.2, 0.25) is 0 Å². The number of aliphatic hydroxyl groups is 1. The first kappa shape index (κ1) is 36.8. The lowest BCUT2D eigenvalue weighted by Gasteiger charge is -2.36. The van der Waals surface area contributed by atoms with Gasteiger partial charge in [-0.2, -0.15) is 0 Å². The molecule has 0 bridgehead atoms. The maximum absolute atomic E-state index is 12.6. The molecule has 10 heteroatoms. The van der Waals surface area contributed by atoms with E-state index < -0.39 is 6.29 Å². The Kier molecular flexibility index (Phi) is 13.1. The third-order valence-electron chi connectivity index (χ3n) is 8.87. The molecule has 1 fully saturated rings. The summed E-state index contributed by atoms with van der Waals surface area (Å²) in [6.45, 7) is 0.399. The topological polar surface area (TPSA) is 136 Å². The molecule has 3 atom stereocenters. The van der Waals surface area contributed by atoms with E-state index in [2.05, 4.69) is 39.9 Å². The van der Waals surface area contributed by atoms with Crippen molar-refractivity contribution in [2.24, 2.45) is 0 Å². The second-order valence-electron chi connectivity index (χ2n) is 12.8. The van der Waals surface area contributed by atoms with Crippen LogP contribution in [0.25, 0.3) is 11.1 Å². The van der Waals surface area contributed by atoms with Crippen molar-refractivity contribution in [1.29, 1.82) is 0 Å². The van der Waals surface area contributed by atoms with Gasteiger partial charge in [-0.05, 0) is 77.1 Å². The molecule has 6 rings (SSSR count). The normalized spacial score (nSPS) is 17.0. The molecule has 0 spiro atoms. The Morgan fingerprint density at radius 1 is 0.788 bits per heavy atom. The molecule has 52 heavy (non-hydrogen) atoms. The molecule has 0 aliphatic carbocycles. The summed E-state index contributed by atoms with van der Waals surface area (Å²) in [6.07, 6.45) is 3.55. The lowest BCUT2D eigenvalue weighted by atomic mass is 9.99. The molecule has 0 saturated carbocycles. The highest BCUT2D eigenvalue weighted by atomic mass is 32.2. The second-order valence-corrected chi connectivity index (χ2v) is 13.8. The second kappa shape index (κ2) is 18.5. The average molecular weight is 717 g/mol. The van der Waals surface area contributed by atoms with Crippen LogP contribution in [0.4, 0.5) is 11.4 Å². The van der Waals surface area contributed by atoms with Gasteiger partial charge in [-0.3, -0.25) is 9.59 Å². The van der Waals surface area contributed by atoms with E-state index in [-0.39, 0.29) is 30.6 Å².